The maximum absolute atomic E-state index is 12.0. The minimum Gasteiger partial charge on any atom is -0.348 e. The Balaban J connectivity index is 2.00. The summed E-state index contributed by atoms with van der Waals surface area (Å²) in [6.45, 7) is 3.32. The third kappa shape index (κ3) is 4.14. The van der Waals surface area contributed by atoms with Crippen molar-refractivity contribution in [2.24, 2.45) is 0 Å². The topological polar surface area (TPSA) is 71.1 Å². The van der Waals surface area contributed by atoms with Gasteiger partial charge in [0, 0.05) is 17.2 Å². The minimum absolute atomic E-state index is 0.152. The van der Waals surface area contributed by atoms with Crippen LogP contribution in [-0.2, 0) is 9.59 Å². The van der Waals surface area contributed by atoms with E-state index < -0.39 is 0 Å². The van der Waals surface area contributed by atoms with Crippen molar-refractivity contribution in [1.29, 1.82) is 0 Å². The molecule has 0 aliphatic heterocycles. The quantitative estimate of drug-likeness (QED) is 0.892. The van der Waals surface area contributed by atoms with Gasteiger partial charge in [-0.3, -0.25) is 9.59 Å². The highest BCUT2D eigenvalue weighted by molar-refractivity contribution is 7.13. The van der Waals surface area contributed by atoms with Crippen molar-refractivity contribution in [3.8, 4) is 0 Å². The third-order valence-electron chi connectivity index (χ3n) is 2.52. The molecule has 2 aromatic heterocycles. The number of carbonyl (C=O) groups excluding carboxylic acids is 2. The van der Waals surface area contributed by atoms with E-state index in [0.29, 0.717) is 5.13 Å². The maximum atomic E-state index is 12.0. The summed E-state index contributed by atoms with van der Waals surface area (Å²) in [5.41, 5.74) is 0.877. The maximum Gasteiger partial charge on any atom is 0.228 e. The second-order valence-corrected chi connectivity index (χ2v) is 6.15. The molecular weight excluding hydrogens is 294 g/mol. The van der Waals surface area contributed by atoms with Crippen LogP contribution in [0, 0.1) is 6.92 Å². The van der Waals surface area contributed by atoms with Crippen molar-refractivity contribution in [3.63, 3.8) is 0 Å². The Morgan fingerprint density at radius 1 is 1.40 bits per heavy atom. The van der Waals surface area contributed by atoms with Gasteiger partial charge in [-0.15, -0.1) is 22.7 Å². The Bertz CT molecular complexity index is 593. The lowest BCUT2D eigenvalue weighted by Gasteiger charge is -2.15. The molecule has 5 nitrogen and oxygen atoms in total. The summed E-state index contributed by atoms with van der Waals surface area (Å²) in [5.74, 6) is -0.312. The molecule has 0 radical (unpaired) electrons. The van der Waals surface area contributed by atoms with E-state index in [-0.39, 0.29) is 24.3 Å². The molecule has 2 rings (SSSR count). The number of aromatic nitrogens is 1. The lowest BCUT2D eigenvalue weighted by molar-refractivity contribution is -0.120. The van der Waals surface area contributed by atoms with E-state index in [4.69, 9.17) is 0 Å². The number of amides is 2. The van der Waals surface area contributed by atoms with Crippen LogP contribution in [0.2, 0.25) is 0 Å². The van der Waals surface area contributed by atoms with Crippen molar-refractivity contribution in [2.75, 3.05) is 5.32 Å². The second-order valence-electron chi connectivity index (χ2n) is 4.31. The fourth-order valence-corrected chi connectivity index (χ4v) is 3.21. The highest BCUT2D eigenvalue weighted by atomic mass is 32.1. The number of thiazole rings is 1. The van der Waals surface area contributed by atoms with Gasteiger partial charge in [0.2, 0.25) is 11.8 Å². The highest BCUT2D eigenvalue weighted by Crippen LogP contribution is 2.23. The van der Waals surface area contributed by atoms with Crippen LogP contribution in [0.4, 0.5) is 5.13 Å². The van der Waals surface area contributed by atoms with Gasteiger partial charge in [-0.05, 0) is 18.4 Å². The predicted octanol–water partition coefficient (Wildman–Crippen LogP) is 2.72. The molecule has 0 bridgehead atoms. The Labute approximate surface area is 125 Å². The van der Waals surface area contributed by atoms with Gasteiger partial charge in [-0.2, -0.15) is 0 Å². The van der Waals surface area contributed by atoms with Crippen molar-refractivity contribution in [2.45, 2.75) is 26.3 Å². The molecule has 106 valence electrons. The highest BCUT2D eigenvalue weighted by Gasteiger charge is 2.18. The van der Waals surface area contributed by atoms with E-state index in [1.165, 1.54) is 29.6 Å². The van der Waals surface area contributed by atoms with E-state index >= 15 is 0 Å². The first-order chi connectivity index (χ1) is 9.54. The van der Waals surface area contributed by atoms with Crippen molar-refractivity contribution >= 4 is 39.6 Å². The molecule has 0 aliphatic carbocycles. The van der Waals surface area contributed by atoms with Crippen LogP contribution < -0.4 is 10.6 Å². The Kier molecular flexibility index (Phi) is 4.86. The number of thiophene rings is 1. The van der Waals surface area contributed by atoms with Gasteiger partial charge in [-0.1, -0.05) is 6.07 Å². The van der Waals surface area contributed by atoms with Gasteiger partial charge < -0.3 is 10.6 Å². The first kappa shape index (κ1) is 14.7. The molecule has 2 N–H and O–H groups in total. The Morgan fingerprint density at radius 2 is 2.20 bits per heavy atom. The summed E-state index contributed by atoms with van der Waals surface area (Å²) in [4.78, 5) is 28.4. The summed E-state index contributed by atoms with van der Waals surface area (Å²) in [6.07, 6.45) is 0.193. The number of hydrogen-bond acceptors (Lipinski definition) is 5. The number of rotatable bonds is 5. The lowest BCUT2D eigenvalue weighted by atomic mass is 10.1. The normalized spacial score (nSPS) is 11.9. The molecule has 1 unspecified atom stereocenters. The molecule has 2 amide bonds. The number of hydrogen-bond donors (Lipinski definition) is 2. The molecule has 1 atom stereocenters. The first-order valence-corrected chi connectivity index (χ1v) is 7.83. The molecule has 0 spiro atoms. The van der Waals surface area contributed by atoms with Crippen LogP contribution in [0.5, 0.6) is 0 Å². The van der Waals surface area contributed by atoms with Crippen LogP contribution in [0.15, 0.2) is 22.9 Å². The zero-order chi connectivity index (χ0) is 14.5. The third-order valence-corrected chi connectivity index (χ3v) is 4.38. The van der Waals surface area contributed by atoms with Gasteiger partial charge in [0.05, 0.1) is 18.2 Å². The van der Waals surface area contributed by atoms with E-state index in [0.717, 1.165) is 10.6 Å². The molecule has 0 saturated carbocycles. The van der Waals surface area contributed by atoms with Gasteiger partial charge in [0.1, 0.15) is 0 Å². The number of carbonyl (C=O) groups is 2. The molecule has 20 heavy (non-hydrogen) atoms. The standard InChI is InChI=1S/C13H15N3O2S2/c1-8-7-20-13(14-8)16-12(18)6-10(15-9(2)17)11-4-3-5-19-11/h3-5,7,10H,6H2,1-2H3,(H,15,17)(H,14,16,18). The molecule has 7 heteroatoms. The zero-order valence-corrected chi connectivity index (χ0v) is 12.8. The predicted molar refractivity (Wildman–Crippen MR) is 81.0 cm³/mol. The van der Waals surface area contributed by atoms with E-state index in [1.54, 1.807) is 0 Å². The molecular formula is C13H15N3O2S2. The largest absolute Gasteiger partial charge is 0.348 e. The Hall–Kier alpha value is -1.73. The van der Waals surface area contributed by atoms with E-state index in [1.807, 2.05) is 29.8 Å². The average molecular weight is 309 g/mol. The van der Waals surface area contributed by atoms with Crippen LogP contribution in [-0.4, -0.2) is 16.8 Å². The van der Waals surface area contributed by atoms with Gasteiger partial charge >= 0.3 is 0 Å². The monoisotopic (exact) mass is 309 g/mol. The Morgan fingerprint density at radius 3 is 2.75 bits per heavy atom. The number of aryl methyl sites for hydroxylation is 1. The smallest absolute Gasteiger partial charge is 0.228 e. The van der Waals surface area contributed by atoms with E-state index in [9.17, 15) is 9.59 Å². The van der Waals surface area contributed by atoms with Crippen LogP contribution in [0.25, 0.3) is 0 Å². The van der Waals surface area contributed by atoms with Crippen molar-refractivity contribution in [1.82, 2.24) is 10.3 Å². The van der Waals surface area contributed by atoms with Crippen molar-refractivity contribution in [3.05, 3.63) is 33.5 Å². The first-order valence-electron chi connectivity index (χ1n) is 6.07. The summed E-state index contributed by atoms with van der Waals surface area (Å²) >= 11 is 2.91. The van der Waals surface area contributed by atoms with Gasteiger partial charge in [-0.25, -0.2) is 4.98 Å². The number of nitrogens with zero attached hydrogens (tertiary/aromatic N) is 1. The molecule has 2 heterocycles. The fourth-order valence-electron chi connectivity index (χ4n) is 1.72. The summed E-state index contributed by atoms with van der Waals surface area (Å²) in [5, 5.41) is 9.93. The molecule has 0 fully saturated rings. The molecule has 0 aliphatic rings. The summed E-state index contributed by atoms with van der Waals surface area (Å²) < 4.78 is 0. The lowest BCUT2D eigenvalue weighted by Crippen LogP contribution is -2.29. The molecule has 2 aromatic rings. The zero-order valence-electron chi connectivity index (χ0n) is 11.2. The van der Waals surface area contributed by atoms with Crippen LogP contribution in [0.3, 0.4) is 0 Å². The van der Waals surface area contributed by atoms with Gasteiger partial charge in [0.25, 0.3) is 0 Å². The second kappa shape index (κ2) is 6.62. The summed E-state index contributed by atoms with van der Waals surface area (Å²) in [7, 11) is 0. The molecule has 0 aromatic carbocycles. The van der Waals surface area contributed by atoms with Crippen molar-refractivity contribution < 1.29 is 9.59 Å². The summed E-state index contributed by atoms with van der Waals surface area (Å²) in [6, 6.07) is 3.51. The SMILES string of the molecule is CC(=O)NC(CC(=O)Nc1nc(C)cs1)c1cccs1. The fraction of sp³-hybridized carbons (Fsp3) is 0.308. The van der Waals surface area contributed by atoms with Crippen LogP contribution >= 0.6 is 22.7 Å². The van der Waals surface area contributed by atoms with Crippen LogP contribution in [0.1, 0.15) is 30.0 Å². The number of nitrogens with one attached hydrogen (secondary N) is 2. The molecule has 0 saturated heterocycles. The minimum atomic E-state index is -0.298. The van der Waals surface area contributed by atoms with Gasteiger partial charge in [0.15, 0.2) is 5.13 Å². The average Bonchev–Trinajstić information content (AvgIpc) is 2.99. The van der Waals surface area contributed by atoms with E-state index in [2.05, 4.69) is 15.6 Å². The number of anilines is 1.